The number of aromatic nitrogens is 1. The van der Waals surface area contributed by atoms with Crippen molar-refractivity contribution in [2.75, 3.05) is 6.54 Å². The summed E-state index contributed by atoms with van der Waals surface area (Å²) < 4.78 is 0. The van der Waals surface area contributed by atoms with Crippen molar-refractivity contribution in [1.29, 1.82) is 0 Å². The van der Waals surface area contributed by atoms with Crippen LogP contribution in [0.25, 0.3) is 17.0 Å². The molecule has 100 valence electrons. The predicted octanol–water partition coefficient (Wildman–Crippen LogP) is 4.03. The summed E-state index contributed by atoms with van der Waals surface area (Å²) in [5.41, 5.74) is 3.49. The van der Waals surface area contributed by atoms with Gasteiger partial charge < -0.3 is 5.32 Å². The highest BCUT2D eigenvalue weighted by Crippen LogP contribution is 2.14. The van der Waals surface area contributed by atoms with E-state index in [-0.39, 0.29) is 0 Å². The van der Waals surface area contributed by atoms with Gasteiger partial charge in [0.25, 0.3) is 0 Å². The molecule has 0 saturated carbocycles. The zero-order chi connectivity index (χ0) is 13.7. The third-order valence-electron chi connectivity index (χ3n) is 3.16. The fourth-order valence-electron chi connectivity index (χ4n) is 1.98. The Kier molecular flexibility index (Phi) is 4.69. The number of nitrogens with one attached hydrogen (secondary N) is 1. The Hall–Kier alpha value is -1.67. The van der Waals surface area contributed by atoms with Gasteiger partial charge in [-0.15, -0.1) is 0 Å². The van der Waals surface area contributed by atoms with Crippen LogP contribution in [-0.2, 0) is 0 Å². The van der Waals surface area contributed by atoms with Crippen molar-refractivity contribution < 1.29 is 0 Å². The fraction of sp³-hybridized carbons (Fsp3) is 0.353. The summed E-state index contributed by atoms with van der Waals surface area (Å²) in [6.45, 7) is 7.46. The third kappa shape index (κ3) is 3.90. The van der Waals surface area contributed by atoms with Gasteiger partial charge in [-0.05, 0) is 24.6 Å². The van der Waals surface area contributed by atoms with Gasteiger partial charge in [0.05, 0.1) is 11.2 Å². The minimum atomic E-state index is 0.513. The van der Waals surface area contributed by atoms with E-state index in [1.54, 1.807) is 0 Å². The lowest BCUT2D eigenvalue weighted by atomic mass is 10.1. The normalized spacial score (nSPS) is 12.3. The van der Waals surface area contributed by atoms with E-state index in [4.69, 9.17) is 0 Å². The Morgan fingerprint density at radius 1 is 1.21 bits per heavy atom. The molecule has 1 aromatic carbocycles. The number of nitrogens with zero attached hydrogens (tertiary/aromatic N) is 1. The standard InChI is InChI=1S/C17H22N2/c1-4-14(12-18-13(2)3)11-16-10-9-15-7-5-6-8-17(15)19-16/h5-11,13,18H,4,12H2,1-3H3. The molecule has 0 saturated heterocycles. The molecule has 2 rings (SSSR count). The minimum absolute atomic E-state index is 0.513. The van der Waals surface area contributed by atoms with Crippen molar-refractivity contribution >= 4 is 17.0 Å². The van der Waals surface area contributed by atoms with Crippen molar-refractivity contribution in [1.82, 2.24) is 10.3 Å². The summed E-state index contributed by atoms with van der Waals surface area (Å²) in [5, 5.41) is 4.65. The first-order chi connectivity index (χ1) is 9.19. The first kappa shape index (κ1) is 13.8. The van der Waals surface area contributed by atoms with Crippen LogP contribution in [0.2, 0.25) is 0 Å². The molecule has 1 aromatic heterocycles. The van der Waals surface area contributed by atoms with Crippen LogP contribution in [0, 0.1) is 0 Å². The largest absolute Gasteiger partial charge is 0.311 e. The maximum Gasteiger partial charge on any atom is 0.0709 e. The van der Waals surface area contributed by atoms with Gasteiger partial charge in [-0.1, -0.05) is 50.6 Å². The van der Waals surface area contributed by atoms with Gasteiger partial charge in [0.2, 0.25) is 0 Å². The molecule has 0 radical (unpaired) electrons. The molecule has 0 aliphatic heterocycles. The molecule has 0 unspecified atom stereocenters. The number of rotatable bonds is 5. The SMILES string of the molecule is CCC(=Cc1ccc2ccccc2n1)CNC(C)C. The van der Waals surface area contributed by atoms with E-state index in [1.807, 2.05) is 12.1 Å². The number of hydrogen-bond donors (Lipinski definition) is 1. The second-order valence-corrected chi connectivity index (χ2v) is 5.12. The smallest absolute Gasteiger partial charge is 0.0709 e. The lowest BCUT2D eigenvalue weighted by Crippen LogP contribution is -2.24. The van der Waals surface area contributed by atoms with Crippen molar-refractivity contribution in [3.8, 4) is 0 Å². The molecule has 2 aromatic rings. The monoisotopic (exact) mass is 254 g/mol. The number of pyridine rings is 1. The van der Waals surface area contributed by atoms with Crippen LogP contribution in [0.15, 0.2) is 42.0 Å². The van der Waals surface area contributed by atoms with Gasteiger partial charge in [0.1, 0.15) is 0 Å². The van der Waals surface area contributed by atoms with E-state index in [2.05, 4.69) is 61.4 Å². The maximum atomic E-state index is 4.69. The molecule has 0 aliphatic rings. The molecule has 0 spiro atoms. The van der Waals surface area contributed by atoms with E-state index in [9.17, 15) is 0 Å². The maximum absolute atomic E-state index is 4.69. The van der Waals surface area contributed by atoms with Crippen LogP contribution in [-0.4, -0.2) is 17.6 Å². The molecule has 0 atom stereocenters. The Morgan fingerprint density at radius 3 is 2.74 bits per heavy atom. The van der Waals surface area contributed by atoms with Gasteiger partial charge in [0.15, 0.2) is 0 Å². The summed E-state index contributed by atoms with van der Waals surface area (Å²) in [7, 11) is 0. The second-order valence-electron chi connectivity index (χ2n) is 5.12. The molecule has 2 nitrogen and oxygen atoms in total. The van der Waals surface area contributed by atoms with E-state index < -0.39 is 0 Å². The minimum Gasteiger partial charge on any atom is -0.311 e. The highest BCUT2D eigenvalue weighted by Gasteiger charge is 2.00. The Bertz CT molecular complexity index is 570. The lowest BCUT2D eigenvalue weighted by Gasteiger charge is -2.10. The zero-order valence-electron chi connectivity index (χ0n) is 12.0. The molecule has 0 fully saturated rings. The molecule has 0 amide bonds. The van der Waals surface area contributed by atoms with Crippen LogP contribution in [0.4, 0.5) is 0 Å². The number of para-hydroxylation sites is 1. The van der Waals surface area contributed by atoms with E-state index >= 15 is 0 Å². The molecule has 2 heteroatoms. The summed E-state index contributed by atoms with van der Waals surface area (Å²) in [4.78, 5) is 4.69. The van der Waals surface area contributed by atoms with Crippen molar-refractivity contribution in [3.05, 3.63) is 47.7 Å². The van der Waals surface area contributed by atoms with Gasteiger partial charge in [-0.3, -0.25) is 0 Å². The summed E-state index contributed by atoms with van der Waals surface area (Å²) >= 11 is 0. The number of benzene rings is 1. The van der Waals surface area contributed by atoms with Crippen LogP contribution >= 0.6 is 0 Å². The van der Waals surface area contributed by atoms with Gasteiger partial charge in [-0.25, -0.2) is 4.98 Å². The highest BCUT2D eigenvalue weighted by atomic mass is 14.9. The van der Waals surface area contributed by atoms with Crippen molar-refractivity contribution in [2.24, 2.45) is 0 Å². The summed E-state index contributed by atoms with van der Waals surface area (Å²) in [5.74, 6) is 0. The third-order valence-corrected chi connectivity index (χ3v) is 3.16. The molecule has 0 bridgehead atoms. The molecule has 1 N–H and O–H groups in total. The molecule has 1 heterocycles. The van der Waals surface area contributed by atoms with Crippen LogP contribution in [0.5, 0.6) is 0 Å². The highest BCUT2D eigenvalue weighted by molar-refractivity contribution is 5.79. The van der Waals surface area contributed by atoms with Gasteiger partial charge >= 0.3 is 0 Å². The van der Waals surface area contributed by atoms with Crippen molar-refractivity contribution in [3.63, 3.8) is 0 Å². The fourth-order valence-corrected chi connectivity index (χ4v) is 1.98. The van der Waals surface area contributed by atoms with Gasteiger partial charge in [0, 0.05) is 18.0 Å². The van der Waals surface area contributed by atoms with E-state index in [0.29, 0.717) is 6.04 Å². The van der Waals surface area contributed by atoms with Crippen LogP contribution in [0.3, 0.4) is 0 Å². The van der Waals surface area contributed by atoms with Crippen LogP contribution < -0.4 is 5.32 Å². The zero-order valence-corrected chi connectivity index (χ0v) is 12.0. The second kappa shape index (κ2) is 6.48. The Balaban J connectivity index is 2.22. The summed E-state index contributed by atoms with van der Waals surface area (Å²) in [6.07, 6.45) is 3.25. The van der Waals surface area contributed by atoms with Gasteiger partial charge in [-0.2, -0.15) is 0 Å². The van der Waals surface area contributed by atoms with Crippen LogP contribution in [0.1, 0.15) is 32.9 Å². The predicted molar refractivity (Wildman–Crippen MR) is 83.1 cm³/mol. The first-order valence-corrected chi connectivity index (χ1v) is 6.97. The molecule has 0 aliphatic carbocycles. The lowest BCUT2D eigenvalue weighted by molar-refractivity contribution is 0.617. The average Bonchev–Trinajstić information content (AvgIpc) is 2.43. The summed E-state index contributed by atoms with van der Waals surface area (Å²) in [6, 6.07) is 13.0. The molecular formula is C17H22N2. The number of hydrogen-bond acceptors (Lipinski definition) is 2. The molecule has 19 heavy (non-hydrogen) atoms. The first-order valence-electron chi connectivity index (χ1n) is 6.97. The molecular weight excluding hydrogens is 232 g/mol. The average molecular weight is 254 g/mol. The Morgan fingerprint density at radius 2 is 2.00 bits per heavy atom. The van der Waals surface area contributed by atoms with Crippen molar-refractivity contribution in [2.45, 2.75) is 33.2 Å². The Labute approximate surface area is 115 Å². The quantitative estimate of drug-likeness (QED) is 0.871. The topological polar surface area (TPSA) is 24.9 Å². The van der Waals surface area contributed by atoms with E-state index in [0.717, 1.165) is 24.2 Å². The van der Waals surface area contributed by atoms with E-state index in [1.165, 1.54) is 11.0 Å². The number of fused-ring (bicyclic) bond motifs is 1.